The molecule has 0 radical (unpaired) electrons. The second-order valence-corrected chi connectivity index (χ2v) is 13.2. The van der Waals surface area contributed by atoms with E-state index < -0.39 is 0 Å². The average Bonchev–Trinajstić information content (AvgIpc) is 3.74. The van der Waals surface area contributed by atoms with Gasteiger partial charge in [-0.05, 0) is 88.8 Å². The third-order valence-electron chi connectivity index (χ3n) is 10.3. The van der Waals surface area contributed by atoms with Crippen molar-refractivity contribution in [2.45, 2.75) is 12.8 Å². The molecule has 0 spiro atoms. The van der Waals surface area contributed by atoms with Crippen molar-refractivity contribution in [3.05, 3.63) is 151 Å². The van der Waals surface area contributed by atoms with Crippen LogP contribution in [0.15, 0.2) is 148 Å². The van der Waals surface area contributed by atoms with E-state index in [9.17, 15) is 0 Å². The smallest absolute Gasteiger partial charge is 0.161 e. The second-order valence-electron chi connectivity index (χ2n) is 13.2. The van der Waals surface area contributed by atoms with Crippen LogP contribution < -0.4 is 0 Å². The van der Waals surface area contributed by atoms with Crippen LogP contribution in [0.2, 0.25) is 0 Å². The summed E-state index contributed by atoms with van der Waals surface area (Å²) >= 11 is 0. The van der Waals surface area contributed by atoms with E-state index >= 15 is 0 Å². The third-order valence-corrected chi connectivity index (χ3v) is 10.3. The van der Waals surface area contributed by atoms with Gasteiger partial charge in [0.2, 0.25) is 0 Å². The molecule has 234 valence electrons. The topological polar surface area (TPSA) is 52.1 Å². The molecule has 0 unspecified atom stereocenters. The van der Waals surface area contributed by atoms with E-state index in [0.29, 0.717) is 5.82 Å². The molecule has 0 fully saturated rings. The van der Waals surface area contributed by atoms with Crippen molar-refractivity contribution in [3.63, 3.8) is 0 Å². The number of aromatic nitrogens is 2. The molecule has 0 bridgehead atoms. The van der Waals surface area contributed by atoms with Crippen molar-refractivity contribution in [1.82, 2.24) is 9.97 Å². The fourth-order valence-electron chi connectivity index (χ4n) is 7.98. The molecule has 0 saturated carbocycles. The highest BCUT2D eigenvalue weighted by atomic mass is 16.3. The Bertz CT molecular complexity index is 3040. The summed E-state index contributed by atoms with van der Waals surface area (Å²) in [6, 6.07) is 46.6. The number of allylic oxidation sites excluding steroid dienone is 1. The number of aryl methyl sites for hydroxylation is 1. The molecule has 10 aromatic rings. The Morgan fingerprint density at radius 2 is 1.32 bits per heavy atom. The maximum absolute atomic E-state index is 6.75. The molecule has 3 aromatic heterocycles. The quantitative estimate of drug-likeness (QED) is 0.193. The molecule has 50 heavy (non-hydrogen) atoms. The Morgan fingerprint density at radius 3 is 2.24 bits per heavy atom. The number of furan rings is 2. The molecule has 0 amide bonds. The van der Waals surface area contributed by atoms with E-state index in [2.05, 4.69) is 133 Å². The van der Waals surface area contributed by atoms with Gasteiger partial charge in [0.15, 0.2) is 5.82 Å². The van der Waals surface area contributed by atoms with Crippen molar-refractivity contribution >= 4 is 71.6 Å². The number of para-hydroxylation sites is 1. The predicted octanol–water partition coefficient (Wildman–Crippen LogP) is 12.5. The van der Waals surface area contributed by atoms with Crippen molar-refractivity contribution in [2.75, 3.05) is 0 Å². The normalized spacial score (nSPS) is 13.0. The van der Waals surface area contributed by atoms with E-state index in [1.54, 1.807) is 0 Å². The first kappa shape index (κ1) is 27.4. The molecular formula is C46H28N2O2. The minimum Gasteiger partial charge on any atom is -0.456 e. The molecule has 1 aliphatic carbocycles. The summed E-state index contributed by atoms with van der Waals surface area (Å²) in [4.78, 5) is 10.6. The number of rotatable bonds is 3. The van der Waals surface area contributed by atoms with Gasteiger partial charge in [-0.2, -0.15) is 0 Å². The first-order chi connectivity index (χ1) is 24.8. The summed E-state index contributed by atoms with van der Waals surface area (Å²) < 4.78 is 13.3. The molecule has 0 saturated heterocycles. The van der Waals surface area contributed by atoms with Crippen LogP contribution >= 0.6 is 0 Å². The van der Waals surface area contributed by atoms with Crippen LogP contribution in [0, 0.1) is 0 Å². The highest BCUT2D eigenvalue weighted by Crippen LogP contribution is 2.44. The maximum Gasteiger partial charge on any atom is 0.161 e. The summed E-state index contributed by atoms with van der Waals surface area (Å²) in [5.74, 6) is 0.657. The summed E-state index contributed by atoms with van der Waals surface area (Å²) in [5, 5.41) is 7.73. The highest BCUT2D eigenvalue weighted by Gasteiger charge is 2.22. The first-order valence-corrected chi connectivity index (χ1v) is 17.1. The van der Waals surface area contributed by atoms with E-state index in [0.717, 1.165) is 101 Å². The molecule has 0 atom stereocenters. The molecule has 0 N–H and O–H groups in total. The molecule has 4 nitrogen and oxygen atoms in total. The van der Waals surface area contributed by atoms with Crippen LogP contribution in [0.5, 0.6) is 0 Å². The average molecular weight is 641 g/mol. The van der Waals surface area contributed by atoms with E-state index in [1.165, 1.54) is 16.5 Å². The van der Waals surface area contributed by atoms with Gasteiger partial charge in [0.25, 0.3) is 0 Å². The van der Waals surface area contributed by atoms with Gasteiger partial charge in [-0.15, -0.1) is 0 Å². The van der Waals surface area contributed by atoms with Gasteiger partial charge in [0.05, 0.1) is 11.2 Å². The standard InChI is InChI=1S/C46H28N2O2/c1-2-10-27(11-3-1)33-21-22-36(43-37-24-29-13-4-5-14-30(29)25-41(37)50-45(33)43)46-47-38-17-9-8-16-34(38)44(48-46)31-18-20-35-40(26-31)49-39-23-19-28-12-6-7-15-32(28)42(35)39/h1-6,8-14,16-26H,7,15H2. The van der Waals surface area contributed by atoms with Gasteiger partial charge in [0, 0.05) is 43.6 Å². The van der Waals surface area contributed by atoms with Gasteiger partial charge in [-0.25, -0.2) is 9.97 Å². The fourth-order valence-corrected chi connectivity index (χ4v) is 7.98. The number of nitrogens with zero attached hydrogens (tertiary/aromatic N) is 2. The maximum atomic E-state index is 6.75. The molecule has 1 aliphatic rings. The lowest BCUT2D eigenvalue weighted by Crippen LogP contribution is -1.96. The Labute approximate surface area is 286 Å². The molecule has 11 rings (SSSR count). The van der Waals surface area contributed by atoms with Crippen molar-refractivity contribution in [1.29, 1.82) is 0 Å². The van der Waals surface area contributed by atoms with E-state index in [4.69, 9.17) is 18.8 Å². The Hall–Kier alpha value is -6.52. The first-order valence-electron chi connectivity index (χ1n) is 17.1. The summed E-state index contributed by atoms with van der Waals surface area (Å²) in [6.45, 7) is 0. The number of hydrogen-bond donors (Lipinski definition) is 0. The van der Waals surface area contributed by atoms with Crippen LogP contribution in [0.3, 0.4) is 0 Å². The third kappa shape index (κ3) is 4.05. The lowest BCUT2D eigenvalue weighted by molar-refractivity contribution is 0.668. The van der Waals surface area contributed by atoms with Crippen molar-refractivity contribution in [3.8, 4) is 33.8 Å². The zero-order valence-corrected chi connectivity index (χ0v) is 27.0. The molecular weight excluding hydrogens is 613 g/mol. The Balaban J connectivity index is 1.17. The van der Waals surface area contributed by atoms with Gasteiger partial charge in [-0.3, -0.25) is 0 Å². The predicted molar refractivity (Wildman–Crippen MR) is 205 cm³/mol. The minimum absolute atomic E-state index is 0.657. The molecule has 3 heterocycles. The Morgan fingerprint density at radius 1 is 0.520 bits per heavy atom. The number of hydrogen-bond acceptors (Lipinski definition) is 4. The molecule has 4 heteroatoms. The number of benzene rings is 7. The summed E-state index contributed by atoms with van der Waals surface area (Å²) in [6.07, 6.45) is 6.56. The van der Waals surface area contributed by atoms with Crippen molar-refractivity contribution < 1.29 is 8.83 Å². The summed E-state index contributed by atoms with van der Waals surface area (Å²) in [7, 11) is 0. The lowest BCUT2D eigenvalue weighted by Gasteiger charge is -2.12. The minimum atomic E-state index is 0.657. The second kappa shape index (κ2) is 10.5. The van der Waals surface area contributed by atoms with Crippen molar-refractivity contribution in [2.24, 2.45) is 0 Å². The molecule has 0 aliphatic heterocycles. The fraction of sp³-hybridized carbons (Fsp3) is 0.0435. The van der Waals surface area contributed by atoms with Gasteiger partial charge in [0.1, 0.15) is 22.3 Å². The highest BCUT2D eigenvalue weighted by molar-refractivity contribution is 6.18. The largest absolute Gasteiger partial charge is 0.456 e. The van der Waals surface area contributed by atoms with E-state index in [1.807, 2.05) is 12.1 Å². The van der Waals surface area contributed by atoms with Gasteiger partial charge >= 0.3 is 0 Å². The number of fused-ring (bicyclic) bond motifs is 10. The lowest BCUT2D eigenvalue weighted by atomic mass is 9.92. The van der Waals surface area contributed by atoms with Crippen LogP contribution in [0.4, 0.5) is 0 Å². The molecule has 7 aromatic carbocycles. The van der Waals surface area contributed by atoms with Crippen LogP contribution in [0.25, 0.3) is 105 Å². The van der Waals surface area contributed by atoms with Crippen LogP contribution in [-0.2, 0) is 6.42 Å². The van der Waals surface area contributed by atoms with Gasteiger partial charge in [-0.1, -0.05) is 97.1 Å². The monoisotopic (exact) mass is 640 g/mol. The van der Waals surface area contributed by atoms with Crippen LogP contribution in [-0.4, -0.2) is 9.97 Å². The zero-order valence-electron chi connectivity index (χ0n) is 27.0. The van der Waals surface area contributed by atoms with Crippen LogP contribution in [0.1, 0.15) is 17.5 Å². The zero-order chi connectivity index (χ0) is 32.8. The summed E-state index contributed by atoms with van der Waals surface area (Å²) in [5.41, 5.74) is 12.0. The van der Waals surface area contributed by atoms with Gasteiger partial charge < -0.3 is 8.83 Å². The van der Waals surface area contributed by atoms with E-state index in [-0.39, 0.29) is 0 Å². The SMILES string of the molecule is C1=Cc2ccc3oc4cc(-c5nc(-c6ccc(-c7ccccc7)c7oc8cc9ccccc9cc8c67)nc6ccccc56)ccc4c3c2CC1. The Kier molecular flexibility index (Phi) is 5.75.